The van der Waals surface area contributed by atoms with Gasteiger partial charge in [0.1, 0.15) is 0 Å². The second-order valence-corrected chi connectivity index (χ2v) is 30.7. The van der Waals surface area contributed by atoms with E-state index in [9.17, 15) is 0 Å². The monoisotopic (exact) mass is 629 g/mol. The van der Waals surface area contributed by atoms with E-state index in [0.29, 0.717) is 7.25 Å². The van der Waals surface area contributed by atoms with Gasteiger partial charge in [-0.3, -0.25) is 0 Å². The molecule has 0 heterocycles. The van der Waals surface area contributed by atoms with Crippen LogP contribution in [-0.4, -0.2) is 5.92 Å². The Morgan fingerprint density at radius 1 is 0.526 bits per heavy atom. The molecule has 4 aromatic rings. The Hall–Kier alpha value is -1.96. The molecule has 2 aliphatic carbocycles. The van der Waals surface area contributed by atoms with E-state index in [1.165, 1.54) is 33.4 Å². The van der Waals surface area contributed by atoms with Crippen molar-refractivity contribution in [3.63, 3.8) is 0 Å². The van der Waals surface area contributed by atoms with Crippen LogP contribution >= 0.6 is 0 Å². The van der Waals surface area contributed by atoms with Crippen LogP contribution in [0.15, 0.2) is 108 Å². The Morgan fingerprint density at radius 2 is 0.921 bits per heavy atom. The predicted octanol–water partition coefficient (Wildman–Crippen LogP) is 3.25. The summed E-state index contributed by atoms with van der Waals surface area (Å²) >= 11 is -2.00. The zero-order valence-corrected chi connectivity index (χ0v) is 27.5. The minimum Gasteiger partial charge on any atom is -1.00 e. The second-order valence-electron chi connectivity index (χ2n) is 10.6. The summed E-state index contributed by atoms with van der Waals surface area (Å²) in [6.45, 7) is 10.1. The molecule has 0 radical (unpaired) electrons. The smallest absolute Gasteiger partial charge is 1.00 e. The largest absolute Gasteiger partial charge is 1.00 e. The standard InChI is InChI=1S/2C16H13.C2H7Si.2ClH.Zr/c2*1-12-10-14-8-5-9-15(16(14)11-12)13-6-3-2-4-7-13;1-3-2;;;/h2*2-11H,1H3;3H,1-2H3;2*1H;/q;;;;;+2/p-2. The first-order chi connectivity index (χ1) is 17.5. The van der Waals surface area contributed by atoms with Crippen molar-refractivity contribution in [1.29, 1.82) is 0 Å². The molecule has 2 unspecified atom stereocenters. The van der Waals surface area contributed by atoms with Crippen LogP contribution in [0.3, 0.4) is 0 Å². The van der Waals surface area contributed by atoms with Gasteiger partial charge in [0.05, 0.1) is 0 Å². The van der Waals surface area contributed by atoms with Gasteiger partial charge in [0.2, 0.25) is 0 Å². The topological polar surface area (TPSA) is 0 Å². The average molecular weight is 632 g/mol. The Bertz CT molecular complexity index is 1380. The molecule has 0 saturated carbocycles. The van der Waals surface area contributed by atoms with Gasteiger partial charge >= 0.3 is 226 Å². The summed E-state index contributed by atoms with van der Waals surface area (Å²) in [7, 11) is 0. The van der Waals surface area contributed by atoms with Gasteiger partial charge in [-0.2, -0.15) is 0 Å². The summed E-state index contributed by atoms with van der Waals surface area (Å²) in [5.41, 5.74) is 14.9. The molecule has 0 amide bonds. The fraction of sp³-hybridized carbons (Fsp3) is 0.176. The molecule has 2 aliphatic rings. The molecule has 191 valence electrons. The van der Waals surface area contributed by atoms with Gasteiger partial charge in [0.15, 0.2) is 0 Å². The number of halogens is 2. The van der Waals surface area contributed by atoms with Crippen molar-refractivity contribution in [1.82, 2.24) is 0 Å². The van der Waals surface area contributed by atoms with Gasteiger partial charge in [-0.15, -0.1) is 0 Å². The fourth-order valence-electron chi connectivity index (χ4n) is 6.56. The summed E-state index contributed by atoms with van der Waals surface area (Å²) in [6.07, 6.45) is 5.07. The first-order valence-corrected chi connectivity index (χ1v) is 23.1. The van der Waals surface area contributed by atoms with Crippen molar-refractivity contribution in [3.8, 4) is 22.3 Å². The van der Waals surface area contributed by atoms with E-state index in [2.05, 4.69) is 136 Å². The Morgan fingerprint density at radius 3 is 1.29 bits per heavy atom. The molecular weight excluding hydrogens is 599 g/mol. The maximum atomic E-state index is 2.65. The molecule has 4 aromatic carbocycles. The van der Waals surface area contributed by atoms with Crippen LogP contribution in [0.25, 0.3) is 34.4 Å². The van der Waals surface area contributed by atoms with E-state index >= 15 is 0 Å². The zero-order chi connectivity index (χ0) is 24.8. The zero-order valence-electron chi connectivity index (χ0n) is 22.4. The van der Waals surface area contributed by atoms with E-state index in [1.54, 1.807) is 22.3 Å². The van der Waals surface area contributed by atoms with Crippen LogP contribution in [0.4, 0.5) is 0 Å². The molecule has 2 atom stereocenters. The maximum Gasteiger partial charge on any atom is -1.00 e. The summed E-state index contributed by atoms with van der Waals surface area (Å²) in [5, 5.41) is 0. The maximum absolute atomic E-state index is 2.65. The number of allylic oxidation sites excluding steroid dienone is 2. The van der Waals surface area contributed by atoms with Gasteiger partial charge in [-0.1, -0.05) is 0 Å². The minimum atomic E-state index is -2.00. The summed E-state index contributed by atoms with van der Waals surface area (Å²) in [4.78, 5) is 0. The summed E-state index contributed by atoms with van der Waals surface area (Å²) in [5.74, 6) is -0.850. The third-order valence-corrected chi connectivity index (χ3v) is 30.2. The number of rotatable bonds is 5. The van der Waals surface area contributed by atoms with Gasteiger partial charge in [-0.25, -0.2) is 0 Å². The molecule has 38 heavy (non-hydrogen) atoms. The fourth-order valence-corrected chi connectivity index (χ4v) is 29.8. The molecule has 0 N–H and O–H groups in total. The molecule has 0 bridgehead atoms. The van der Waals surface area contributed by atoms with Crippen molar-refractivity contribution >= 4 is 18.1 Å². The van der Waals surface area contributed by atoms with Crippen LogP contribution in [0.1, 0.15) is 43.4 Å². The molecule has 6 rings (SSSR count). The normalized spacial score (nSPS) is 17.1. The van der Waals surface area contributed by atoms with Crippen LogP contribution < -0.4 is 24.8 Å². The van der Waals surface area contributed by atoms with E-state index in [1.807, 2.05) is 0 Å². The van der Waals surface area contributed by atoms with Gasteiger partial charge in [0.25, 0.3) is 0 Å². The second kappa shape index (κ2) is 12.1. The third kappa shape index (κ3) is 5.02. The van der Waals surface area contributed by atoms with Crippen molar-refractivity contribution in [2.45, 2.75) is 34.2 Å². The third-order valence-electron chi connectivity index (χ3n) is 8.06. The van der Waals surface area contributed by atoms with E-state index < -0.39 is 26.8 Å². The Balaban J connectivity index is 0.00000168. The van der Waals surface area contributed by atoms with Crippen molar-refractivity contribution < 1.29 is 45.7 Å². The number of benzene rings is 4. The average Bonchev–Trinajstić information content (AvgIpc) is 3.41. The molecule has 4 heteroatoms. The Labute approximate surface area is 249 Å². The SMILES string of the molecule is CC1=Cc2c(-c3ccccc3)cccc2[CH]1[Zr+2]([CH]1C(C)=Cc2c(-c3ccccc3)cccc21)[SiH](C)C.[Cl-].[Cl-]. The number of hydrogen-bond acceptors (Lipinski definition) is 0. The van der Waals surface area contributed by atoms with Crippen LogP contribution in [-0.2, 0) is 20.9 Å². The van der Waals surface area contributed by atoms with Crippen molar-refractivity contribution in [2.24, 2.45) is 0 Å². The number of hydrogen-bond donors (Lipinski definition) is 0. The van der Waals surface area contributed by atoms with Gasteiger partial charge in [0, 0.05) is 0 Å². The van der Waals surface area contributed by atoms with Crippen molar-refractivity contribution in [2.75, 3.05) is 0 Å². The van der Waals surface area contributed by atoms with Gasteiger partial charge in [-0.05, 0) is 0 Å². The minimum absolute atomic E-state index is 0. The van der Waals surface area contributed by atoms with Crippen molar-refractivity contribution in [3.05, 3.63) is 130 Å². The predicted molar refractivity (Wildman–Crippen MR) is 155 cm³/mol. The molecule has 0 aromatic heterocycles. The molecule has 0 saturated heterocycles. The van der Waals surface area contributed by atoms with E-state index in [-0.39, 0.29) is 24.8 Å². The summed E-state index contributed by atoms with van der Waals surface area (Å²) < 4.78 is 1.36. The molecule has 0 aliphatic heterocycles. The van der Waals surface area contributed by atoms with Crippen LogP contribution in [0.5, 0.6) is 0 Å². The first-order valence-electron chi connectivity index (χ1n) is 13.1. The Kier molecular flexibility index (Phi) is 9.21. The van der Waals surface area contributed by atoms with Crippen LogP contribution in [0, 0.1) is 0 Å². The quantitative estimate of drug-likeness (QED) is 0.297. The van der Waals surface area contributed by atoms with E-state index in [0.717, 1.165) is 0 Å². The molecule has 0 fully saturated rings. The van der Waals surface area contributed by atoms with Crippen LogP contribution in [0.2, 0.25) is 13.1 Å². The first kappa shape index (κ1) is 29.0. The summed E-state index contributed by atoms with van der Waals surface area (Å²) in [6, 6.07) is 36.1. The van der Waals surface area contributed by atoms with Gasteiger partial charge < -0.3 is 24.8 Å². The molecule has 0 spiro atoms. The molecular formula is C34H33Cl2SiZr. The van der Waals surface area contributed by atoms with E-state index in [4.69, 9.17) is 0 Å². The molecule has 0 nitrogen and oxygen atoms in total. The number of fused-ring (bicyclic) bond motifs is 2.